The Morgan fingerprint density at radius 3 is 1.90 bits per heavy atom. The van der Waals surface area contributed by atoms with E-state index in [9.17, 15) is 4.39 Å². The second kappa shape index (κ2) is 4.85. The number of halogens is 3. The van der Waals surface area contributed by atoms with Gasteiger partial charge in [-0.3, -0.25) is 9.41 Å². The van der Waals surface area contributed by atoms with Crippen LogP contribution in [0.3, 0.4) is 0 Å². The minimum atomic E-state index is -0.132. The molecule has 3 heteroatoms. The van der Waals surface area contributed by atoms with Gasteiger partial charge in [0.1, 0.15) is 5.82 Å². The highest BCUT2D eigenvalue weighted by Gasteiger charge is 1.88. The predicted molar refractivity (Wildman–Crippen MR) is 36.1 cm³/mol. The third kappa shape index (κ3) is 2.53. The van der Waals surface area contributed by atoms with Gasteiger partial charge in [0.05, 0.1) is 0 Å². The van der Waals surface area contributed by atoms with Crippen LogP contribution in [0.25, 0.3) is 0 Å². The van der Waals surface area contributed by atoms with Crippen LogP contribution in [0, 0.1) is 12.7 Å². The van der Waals surface area contributed by atoms with E-state index in [1.165, 1.54) is 6.07 Å². The van der Waals surface area contributed by atoms with E-state index in [1.807, 2.05) is 6.07 Å². The predicted octanol–water partition coefficient (Wildman–Crippen LogP) is 2.44. The topological polar surface area (TPSA) is 0 Å². The maximum Gasteiger partial charge on any atom is 0.126 e. The molecule has 0 fully saturated rings. The van der Waals surface area contributed by atoms with Crippen molar-refractivity contribution >= 4 is 0 Å². The monoisotopic (exact) mass is 150 g/mol. The maximum absolute atomic E-state index is 12.3. The van der Waals surface area contributed by atoms with Gasteiger partial charge >= 0.3 is 0 Å². The van der Waals surface area contributed by atoms with Gasteiger partial charge in [0.25, 0.3) is 0 Å². The summed E-state index contributed by atoms with van der Waals surface area (Å²) in [5, 5.41) is 0. The normalized spacial score (nSPS) is 7.40. The highest BCUT2D eigenvalue weighted by Crippen LogP contribution is 2.01. The van der Waals surface area contributed by atoms with Crippen molar-refractivity contribution in [3.63, 3.8) is 0 Å². The molecule has 0 N–H and O–H groups in total. The van der Waals surface area contributed by atoms with Crippen molar-refractivity contribution in [1.82, 2.24) is 0 Å². The first-order chi connectivity index (χ1) is 3.80. The number of rotatable bonds is 0. The molecular weight excluding hydrogens is 141 g/mol. The molecule has 58 valence electrons. The summed E-state index contributed by atoms with van der Waals surface area (Å²) in [5.74, 6) is -0.132. The van der Waals surface area contributed by atoms with E-state index in [4.69, 9.17) is 0 Å². The van der Waals surface area contributed by atoms with Crippen LogP contribution in [0.15, 0.2) is 24.3 Å². The average Bonchev–Trinajstić information content (AvgIpc) is 1.77. The smallest absolute Gasteiger partial charge is 0.126 e. The largest absolute Gasteiger partial charge is 0.269 e. The minimum absolute atomic E-state index is 0. The van der Waals surface area contributed by atoms with Gasteiger partial charge in [-0.05, 0) is 18.6 Å². The van der Waals surface area contributed by atoms with Crippen molar-refractivity contribution in [2.45, 2.75) is 6.92 Å². The fourth-order valence-electron chi connectivity index (χ4n) is 0.551. The molecule has 0 unspecified atom stereocenters. The highest BCUT2D eigenvalue weighted by molar-refractivity contribution is 5.14. The molecule has 0 saturated heterocycles. The zero-order valence-corrected chi connectivity index (χ0v) is 5.50. The lowest BCUT2D eigenvalue weighted by Gasteiger charge is -1.89. The summed E-state index contributed by atoms with van der Waals surface area (Å²) in [4.78, 5) is 0. The van der Waals surface area contributed by atoms with Crippen LogP contribution in [-0.4, -0.2) is 0 Å². The zero-order valence-electron chi connectivity index (χ0n) is 5.50. The molecule has 0 bridgehead atoms. The Kier molecular flexibility index (Phi) is 5.70. The van der Waals surface area contributed by atoms with Gasteiger partial charge in [-0.15, -0.1) is 0 Å². The van der Waals surface area contributed by atoms with E-state index < -0.39 is 0 Å². The lowest BCUT2D eigenvalue weighted by molar-refractivity contribution is 0.618. The third-order valence-corrected chi connectivity index (χ3v) is 1.08. The molecule has 0 spiro atoms. The lowest BCUT2D eigenvalue weighted by Crippen LogP contribution is -1.76. The first kappa shape index (κ1) is 11.8. The van der Waals surface area contributed by atoms with Gasteiger partial charge < -0.3 is 0 Å². The number of aryl methyl sites for hydroxylation is 1. The van der Waals surface area contributed by atoms with Gasteiger partial charge in [-0.1, -0.05) is 18.2 Å². The summed E-state index contributed by atoms with van der Waals surface area (Å²) in [6.45, 7) is 1.75. The van der Waals surface area contributed by atoms with Gasteiger partial charge in [0, 0.05) is 0 Å². The molecule has 0 aliphatic heterocycles. The van der Waals surface area contributed by atoms with Gasteiger partial charge in [0.2, 0.25) is 0 Å². The molecule has 0 nitrogen and oxygen atoms in total. The Morgan fingerprint density at radius 2 is 1.60 bits per heavy atom. The van der Waals surface area contributed by atoms with Crippen molar-refractivity contribution in [3.05, 3.63) is 35.6 Å². The van der Waals surface area contributed by atoms with Crippen LogP contribution in [0.4, 0.5) is 13.8 Å². The van der Waals surface area contributed by atoms with E-state index in [2.05, 4.69) is 0 Å². The van der Waals surface area contributed by atoms with Gasteiger partial charge in [-0.25, -0.2) is 4.39 Å². The Balaban J connectivity index is 0. The Bertz CT molecular complexity index is 165. The summed E-state index contributed by atoms with van der Waals surface area (Å²) < 4.78 is 12.3. The second-order valence-electron chi connectivity index (χ2n) is 1.75. The van der Waals surface area contributed by atoms with Gasteiger partial charge in [-0.2, -0.15) is 0 Å². The SMILES string of the molecule is Cc1ccccc1F.F.F. The van der Waals surface area contributed by atoms with E-state index >= 15 is 0 Å². The van der Waals surface area contributed by atoms with Crippen molar-refractivity contribution < 1.29 is 13.8 Å². The zero-order chi connectivity index (χ0) is 5.98. The van der Waals surface area contributed by atoms with Crippen molar-refractivity contribution in [1.29, 1.82) is 0 Å². The summed E-state index contributed by atoms with van der Waals surface area (Å²) >= 11 is 0. The first-order valence-electron chi connectivity index (χ1n) is 2.52. The standard InChI is InChI=1S/C7H7F.2FH/c1-6-4-2-3-5-7(6)8;;/h2-5H,1H3;2*1H. The Morgan fingerprint density at radius 1 is 1.10 bits per heavy atom. The van der Waals surface area contributed by atoms with Crippen LogP contribution >= 0.6 is 0 Å². The van der Waals surface area contributed by atoms with Crippen LogP contribution in [-0.2, 0) is 0 Å². The Labute approximate surface area is 57.4 Å². The first-order valence-corrected chi connectivity index (χ1v) is 2.52. The highest BCUT2D eigenvalue weighted by atomic mass is 19.1. The summed E-state index contributed by atoms with van der Waals surface area (Å²) in [6.07, 6.45) is 0. The minimum Gasteiger partial charge on any atom is -0.269 e. The molecule has 0 aliphatic carbocycles. The van der Waals surface area contributed by atoms with Crippen LogP contribution < -0.4 is 0 Å². The number of hydrogen-bond acceptors (Lipinski definition) is 0. The molecule has 0 atom stereocenters. The molecule has 0 saturated carbocycles. The molecular formula is C7H9F3. The molecule has 0 radical (unpaired) electrons. The fourth-order valence-corrected chi connectivity index (χ4v) is 0.551. The maximum atomic E-state index is 12.3. The number of benzene rings is 1. The fraction of sp³-hybridized carbons (Fsp3) is 0.143. The molecule has 0 amide bonds. The van der Waals surface area contributed by atoms with Crippen molar-refractivity contribution in [3.8, 4) is 0 Å². The average molecular weight is 150 g/mol. The third-order valence-electron chi connectivity index (χ3n) is 1.08. The van der Waals surface area contributed by atoms with Gasteiger partial charge in [0.15, 0.2) is 0 Å². The van der Waals surface area contributed by atoms with Crippen molar-refractivity contribution in [2.75, 3.05) is 0 Å². The molecule has 10 heavy (non-hydrogen) atoms. The van der Waals surface area contributed by atoms with Crippen LogP contribution in [0.5, 0.6) is 0 Å². The lowest BCUT2D eigenvalue weighted by atomic mass is 10.2. The Hall–Kier alpha value is -0.990. The van der Waals surface area contributed by atoms with E-state index in [-0.39, 0.29) is 15.2 Å². The van der Waals surface area contributed by atoms with E-state index in [0.29, 0.717) is 5.56 Å². The summed E-state index contributed by atoms with van der Waals surface area (Å²) in [5.41, 5.74) is 0.701. The van der Waals surface area contributed by atoms with Crippen molar-refractivity contribution in [2.24, 2.45) is 0 Å². The molecule has 1 rings (SSSR count). The van der Waals surface area contributed by atoms with Crippen LogP contribution in [0.1, 0.15) is 5.56 Å². The summed E-state index contributed by atoms with van der Waals surface area (Å²) in [6, 6.07) is 6.70. The van der Waals surface area contributed by atoms with Crippen LogP contribution in [0.2, 0.25) is 0 Å². The molecule has 0 aliphatic rings. The molecule has 0 heterocycles. The summed E-state index contributed by atoms with van der Waals surface area (Å²) in [7, 11) is 0. The second-order valence-corrected chi connectivity index (χ2v) is 1.75. The molecule has 1 aromatic rings. The molecule has 1 aromatic carbocycles. The molecule has 0 aromatic heterocycles. The number of hydrogen-bond donors (Lipinski definition) is 0. The quantitative estimate of drug-likeness (QED) is 0.532. The van der Waals surface area contributed by atoms with E-state index in [1.54, 1.807) is 19.1 Å². The van der Waals surface area contributed by atoms with E-state index in [0.717, 1.165) is 0 Å².